The van der Waals surface area contributed by atoms with Crippen molar-refractivity contribution in [3.63, 3.8) is 0 Å². The summed E-state index contributed by atoms with van der Waals surface area (Å²) in [5, 5.41) is 5.03. The molecule has 4 amide bonds. The van der Waals surface area contributed by atoms with Gasteiger partial charge in [-0.05, 0) is 48.4 Å². The second kappa shape index (κ2) is 12.0. The van der Waals surface area contributed by atoms with Gasteiger partial charge in [0.05, 0.1) is 12.0 Å². The van der Waals surface area contributed by atoms with Gasteiger partial charge in [0.2, 0.25) is 5.91 Å². The van der Waals surface area contributed by atoms with Gasteiger partial charge >= 0.3 is 12.1 Å². The van der Waals surface area contributed by atoms with Gasteiger partial charge in [-0.2, -0.15) is 0 Å². The smallest absolute Gasteiger partial charge is 0.411 e. The lowest BCUT2D eigenvalue weighted by Crippen LogP contribution is -2.52. The Morgan fingerprint density at radius 3 is 2.16 bits per heavy atom. The summed E-state index contributed by atoms with van der Waals surface area (Å²) in [5.74, 6) is -0.471. The van der Waals surface area contributed by atoms with Crippen molar-refractivity contribution >= 4 is 39.4 Å². The maximum Gasteiger partial charge on any atom is 0.411 e. The van der Waals surface area contributed by atoms with Crippen LogP contribution in [-0.4, -0.2) is 46.6 Å². The zero-order valence-corrected chi connectivity index (χ0v) is 21.4. The van der Waals surface area contributed by atoms with E-state index in [-0.39, 0.29) is 11.3 Å². The molecule has 0 spiro atoms. The zero-order valence-electron chi connectivity index (χ0n) is 20.6. The largest absolute Gasteiger partial charge is 0.453 e. The van der Waals surface area contributed by atoms with E-state index in [9.17, 15) is 22.8 Å². The number of hydrogen-bond acceptors (Lipinski definition) is 6. The normalized spacial score (nSPS) is 11.6. The summed E-state index contributed by atoms with van der Waals surface area (Å²) < 4.78 is 32.1. The van der Waals surface area contributed by atoms with Crippen LogP contribution in [0.2, 0.25) is 0 Å². The fourth-order valence-corrected chi connectivity index (χ4v) is 4.73. The van der Waals surface area contributed by atoms with Crippen molar-refractivity contribution in [2.75, 3.05) is 24.4 Å². The number of methoxy groups -OCH3 is 1. The Morgan fingerprint density at radius 1 is 0.919 bits per heavy atom. The fourth-order valence-electron chi connectivity index (χ4n) is 3.57. The van der Waals surface area contributed by atoms with Gasteiger partial charge in [-0.1, -0.05) is 48.5 Å². The number of aryl methyl sites for hydroxylation is 1. The van der Waals surface area contributed by atoms with E-state index in [0.717, 1.165) is 5.56 Å². The monoisotopic (exact) mass is 524 g/mol. The molecule has 0 aromatic heterocycles. The second-order valence-electron chi connectivity index (χ2n) is 8.15. The lowest BCUT2D eigenvalue weighted by Gasteiger charge is -2.25. The van der Waals surface area contributed by atoms with Crippen molar-refractivity contribution in [3.05, 3.63) is 90.0 Å². The molecule has 11 heteroatoms. The first kappa shape index (κ1) is 27.2. The number of anilines is 2. The molecule has 37 heavy (non-hydrogen) atoms. The van der Waals surface area contributed by atoms with Crippen LogP contribution in [0.25, 0.3) is 0 Å². The average Bonchev–Trinajstić information content (AvgIpc) is 2.88. The number of carbonyl (C=O) groups is 3. The van der Waals surface area contributed by atoms with Gasteiger partial charge in [-0.3, -0.25) is 10.1 Å². The molecule has 0 radical (unpaired) electrons. The maximum absolute atomic E-state index is 13.4. The fraction of sp³-hybridized carbons (Fsp3) is 0.192. The van der Waals surface area contributed by atoms with Crippen molar-refractivity contribution in [2.24, 2.45) is 0 Å². The van der Waals surface area contributed by atoms with Crippen LogP contribution in [0, 0.1) is 6.92 Å². The summed E-state index contributed by atoms with van der Waals surface area (Å²) in [6, 6.07) is 19.6. The first-order valence-corrected chi connectivity index (χ1v) is 12.7. The van der Waals surface area contributed by atoms with Gasteiger partial charge in [0.25, 0.3) is 10.0 Å². The third kappa shape index (κ3) is 7.31. The summed E-state index contributed by atoms with van der Waals surface area (Å²) in [6.07, 6.45) is -0.500. The number of nitrogens with one attached hydrogen (secondary N) is 3. The van der Waals surface area contributed by atoms with Crippen LogP contribution in [0.4, 0.5) is 21.0 Å². The maximum atomic E-state index is 13.4. The standard InChI is InChI=1S/C26H28N4O6S/c1-18-9-7-8-12-23(18)37(34,35)29-25(32)28-22(17-19-10-5-4-6-11-19)24(31)30(2)21-15-13-20(14-16-21)27-26(33)36-3/h4-16,22H,17H2,1-3H3,(H,27,33)(H2,28,29,32). The highest BCUT2D eigenvalue weighted by molar-refractivity contribution is 7.90. The number of urea groups is 1. The van der Waals surface area contributed by atoms with E-state index < -0.39 is 34.1 Å². The van der Waals surface area contributed by atoms with E-state index >= 15 is 0 Å². The SMILES string of the molecule is COC(=O)Nc1ccc(N(C)C(=O)C(Cc2ccccc2)NC(=O)NS(=O)(=O)c2ccccc2C)cc1. The summed E-state index contributed by atoms with van der Waals surface area (Å²) in [7, 11) is -1.37. The predicted octanol–water partition coefficient (Wildman–Crippen LogP) is 3.44. The number of hydrogen-bond donors (Lipinski definition) is 3. The number of nitrogens with zero attached hydrogens (tertiary/aromatic N) is 1. The minimum absolute atomic E-state index is 0.0335. The van der Waals surface area contributed by atoms with E-state index in [1.165, 1.54) is 25.1 Å². The van der Waals surface area contributed by atoms with Crippen LogP contribution in [-0.2, 0) is 26.0 Å². The first-order chi connectivity index (χ1) is 17.6. The van der Waals surface area contributed by atoms with E-state index in [0.29, 0.717) is 16.9 Å². The van der Waals surface area contributed by atoms with Gasteiger partial charge in [-0.15, -0.1) is 0 Å². The van der Waals surface area contributed by atoms with Crippen LogP contribution in [0.5, 0.6) is 0 Å². The van der Waals surface area contributed by atoms with Gasteiger partial charge in [-0.25, -0.2) is 22.7 Å². The molecule has 1 atom stereocenters. The lowest BCUT2D eigenvalue weighted by atomic mass is 10.0. The summed E-state index contributed by atoms with van der Waals surface area (Å²) in [6.45, 7) is 1.62. The molecule has 194 valence electrons. The Hall–Kier alpha value is -4.38. The molecule has 0 bridgehead atoms. The minimum atomic E-state index is -4.16. The van der Waals surface area contributed by atoms with Crippen molar-refractivity contribution in [1.29, 1.82) is 0 Å². The topological polar surface area (TPSA) is 134 Å². The Labute approximate surface area is 215 Å². The van der Waals surface area contributed by atoms with Crippen molar-refractivity contribution in [3.8, 4) is 0 Å². The number of amides is 4. The molecule has 3 aromatic carbocycles. The molecule has 1 unspecified atom stereocenters. The second-order valence-corrected chi connectivity index (χ2v) is 9.80. The molecule has 10 nitrogen and oxygen atoms in total. The number of carbonyl (C=O) groups excluding carboxylic acids is 3. The molecule has 3 N–H and O–H groups in total. The van der Waals surface area contributed by atoms with Gasteiger partial charge < -0.3 is 15.0 Å². The van der Waals surface area contributed by atoms with Gasteiger partial charge in [0.15, 0.2) is 0 Å². The summed E-state index contributed by atoms with van der Waals surface area (Å²) in [5.41, 5.74) is 2.21. The third-order valence-corrected chi connectivity index (χ3v) is 7.00. The van der Waals surface area contributed by atoms with Crippen LogP contribution in [0.15, 0.2) is 83.8 Å². The van der Waals surface area contributed by atoms with Crippen molar-refractivity contribution < 1.29 is 27.5 Å². The van der Waals surface area contributed by atoms with Crippen molar-refractivity contribution in [2.45, 2.75) is 24.3 Å². The number of benzene rings is 3. The molecule has 0 aliphatic heterocycles. The number of likely N-dealkylation sites (N-methyl/N-ethyl adjacent to an activating group) is 1. The molecule has 0 fully saturated rings. The lowest BCUT2D eigenvalue weighted by molar-refractivity contribution is -0.120. The molecule has 0 aliphatic rings. The van der Waals surface area contributed by atoms with E-state index in [1.807, 2.05) is 10.8 Å². The molecular formula is C26H28N4O6S. The Morgan fingerprint density at radius 2 is 1.54 bits per heavy atom. The quantitative estimate of drug-likeness (QED) is 0.413. The predicted molar refractivity (Wildman–Crippen MR) is 140 cm³/mol. The molecule has 0 saturated carbocycles. The Bertz CT molecular complexity index is 1360. The van der Waals surface area contributed by atoms with Crippen molar-refractivity contribution in [1.82, 2.24) is 10.0 Å². The summed E-state index contributed by atoms with van der Waals surface area (Å²) in [4.78, 5) is 38.9. The van der Waals surface area contributed by atoms with Gasteiger partial charge in [0.1, 0.15) is 6.04 Å². The van der Waals surface area contributed by atoms with Crippen LogP contribution >= 0.6 is 0 Å². The van der Waals surface area contributed by atoms with E-state index in [2.05, 4.69) is 15.4 Å². The molecular weight excluding hydrogens is 496 g/mol. The third-order valence-electron chi connectivity index (χ3n) is 5.51. The van der Waals surface area contributed by atoms with Crippen LogP contribution < -0.4 is 20.3 Å². The molecule has 3 aromatic rings. The number of sulfonamides is 1. The highest BCUT2D eigenvalue weighted by Crippen LogP contribution is 2.19. The van der Waals surface area contributed by atoms with Crippen LogP contribution in [0.1, 0.15) is 11.1 Å². The number of rotatable bonds is 8. The Kier molecular flexibility index (Phi) is 8.86. The molecule has 0 saturated heterocycles. The highest BCUT2D eigenvalue weighted by Gasteiger charge is 2.28. The van der Waals surface area contributed by atoms with Crippen LogP contribution in [0.3, 0.4) is 0 Å². The van der Waals surface area contributed by atoms with Gasteiger partial charge in [0, 0.05) is 24.8 Å². The minimum Gasteiger partial charge on any atom is -0.453 e. The van der Waals surface area contributed by atoms with E-state index in [4.69, 9.17) is 0 Å². The number of ether oxygens (including phenoxy) is 1. The molecule has 0 aliphatic carbocycles. The van der Waals surface area contributed by atoms with E-state index in [1.54, 1.807) is 73.7 Å². The average molecular weight is 525 g/mol. The highest BCUT2D eigenvalue weighted by atomic mass is 32.2. The Balaban J connectivity index is 1.79. The zero-order chi connectivity index (χ0) is 27.0. The summed E-state index contributed by atoms with van der Waals surface area (Å²) >= 11 is 0. The molecule has 3 rings (SSSR count). The molecule has 0 heterocycles. The first-order valence-electron chi connectivity index (χ1n) is 11.3.